The summed E-state index contributed by atoms with van der Waals surface area (Å²) in [6.45, 7) is 7.35. The molecule has 228 valence electrons. The maximum Gasteiger partial charge on any atom is 0.305 e. The second-order valence-electron chi connectivity index (χ2n) is 12.1. The van der Waals surface area contributed by atoms with Gasteiger partial charge in [-0.3, -0.25) is 19.4 Å². The maximum atomic E-state index is 12.1. The summed E-state index contributed by atoms with van der Waals surface area (Å²) in [4.78, 5) is 34.3. The first-order valence-corrected chi connectivity index (χ1v) is 15.2. The van der Waals surface area contributed by atoms with E-state index in [2.05, 4.69) is 33.7 Å². The van der Waals surface area contributed by atoms with E-state index in [1.807, 2.05) is 0 Å². The molecule has 0 spiro atoms. The molecule has 0 aromatic carbocycles. The molecule has 4 rings (SSSR count). The predicted octanol–water partition coefficient (Wildman–Crippen LogP) is 2.74. The first-order chi connectivity index (χ1) is 18.0. The summed E-state index contributed by atoms with van der Waals surface area (Å²) in [5, 5.41) is 0. The van der Waals surface area contributed by atoms with E-state index in [1.54, 1.807) is 0 Å². The minimum Gasteiger partial charge on any atom is -0.464 e. The van der Waals surface area contributed by atoms with E-state index in [-0.39, 0.29) is 29.8 Å². The molecule has 4 fully saturated rings. The Kier molecular flexibility index (Phi) is 15.6. The number of halogens is 1. The Morgan fingerprint density at radius 2 is 0.949 bits per heavy atom. The van der Waals surface area contributed by atoms with Crippen LogP contribution in [-0.4, -0.2) is 128 Å². The lowest BCUT2D eigenvalue weighted by Gasteiger charge is -2.49. The van der Waals surface area contributed by atoms with Gasteiger partial charge in [0.05, 0.1) is 0 Å². The summed E-state index contributed by atoms with van der Waals surface area (Å²) in [6.07, 6.45) is 13.6. The van der Waals surface area contributed by atoms with Crippen molar-refractivity contribution in [2.24, 2.45) is 0 Å². The van der Waals surface area contributed by atoms with Gasteiger partial charge in [-0.15, -0.1) is 12.4 Å². The summed E-state index contributed by atoms with van der Waals surface area (Å²) in [6, 6.07) is 2.52. The van der Waals surface area contributed by atoms with Gasteiger partial charge < -0.3 is 24.7 Å². The highest BCUT2D eigenvalue weighted by molar-refractivity contribution is 5.85. The van der Waals surface area contributed by atoms with Crippen LogP contribution in [0.5, 0.6) is 0 Å². The standard InChI is InChI=1S/C29H52N4O4.ClH.H2O/c1-30-20-24-10-8-11-25(21-30)32(24)16-18-36-28(34)14-6-4-3-5-7-15-29(35)37-19-17-33-26-12-9-13-27(33)23-31(2)22-26;;/h24-27H,3-23H2,1-2H3;1H;1H2. The Bertz CT molecular complexity index is 646. The summed E-state index contributed by atoms with van der Waals surface area (Å²) in [5.41, 5.74) is 0. The van der Waals surface area contributed by atoms with Gasteiger partial charge in [0.25, 0.3) is 0 Å². The van der Waals surface area contributed by atoms with Gasteiger partial charge in [-0.1, -0.05) is 32.1 Å². The van der Waals surface area contributed by atoms with Gasteiger partial charge in [-0.05, 0) is 52.6 Å². The van der Waals surface area contributed by atoms with Gasteiger partial charge in [0.2, 0.25) is 0 Å². The minimum absolute atomic E-state index is 0. The van der Waals surface area contributed by atoms with Crippen molar-refractivity contribution in [2.75, 3.05) is 66.6 Å². The molecule has 0 aromatic rings. The topological polar surface area (TPSA) is 97.1 Å². The largest absolute Gasteiger partial charge is 0.464 e. The molecular formula is C29H55ClN4O5. The first kappa shape index (κ1) is 34.2. The molecule has 0 aromatic heterocycles. The highest BCUT2D eigenvalue weighted by Crippen LogP contribution is 2.28. The van der Waals surface area contributed by atoms with Gasteiger partial charge in [0.15, 0.2) is 0 Å². The number of unbranched alkanes of at least 4 members (excludes halogenated alkanes) is 4. The van der Waals surface area contributed by atoms with Crippen LogP contribution >= 0.6 is 12.4 Å². The number of likely N-dealkylation sites (tertiary alicyclic amines) is 2. The van der Waals surface area contributed by atoms with E-state index >= 15 is 0 Å². The van der Waals surface area contributed by atoms with Crippen molar-refractivity contribution < 1.29 is 24.5 Å². The van der Waals surface area contributed by atoms with E-state index in [9.17, 15) is 9.59 Å². The number of nitrogens with zero attached hydrogens (tertiary/aromatic N) is 4. The van der Waals surface area contributed by atoms with Crippen LogP contribution in [0.3, 0.4) is 0 Å². The monoisotopic (exact) mass is 574 g/mol. The fourth-order valence-corrected chi connectivity index (χ4v) is 7.28. The van der Waals surface area contributed by atoms with Crippen molar-refractivity contribution >= 4 is 24.3 Å². The molecule has 4 atom stereocenters. The number of carbonyl (C=O) groups is 2. The van der Waals surface area contributed by atoms with Crippen LogP contribution in [0.25, 0.3) is 0 Å². The molecule has 4 heterocycles. The third-order valence-corrected chi connectivity index (χ3v) is 9.10. The van der Waals surface area contributed by atoms with E-state index in [4.69, 9.17) is 9.47 Å². The number of likely N-dealkylation sites (N-methyl/N-ethyl adjacent to an activating group) is 2. The lowest BCUT2D eigenvalue weighted by Crippen LogP contribution is -2.60. The smallest absolute Gasteiger partial charge is 0.305 e. The summed E-state index contributed by atoms with van der Waals surface area (Å²) >= 11 is 0. The number of ether oxygens (including phenoxy) is 2. The Morgan fingerprint density at radius 3 is 1.31 bits per heavy atom. The van der Waals surface area contributed by atoms with Crippen molar-refractivity contribution in [3.05, 3.63) is 0 Å². The molecular weight excluding hydrogens is 520 g/mol. The first-order valence-electron chi connectivity index (χ1n) is 15.2. The lowest BCUT2D eigenvalue weighted by molar-refractivity contribution is -0.146. The number of carbonyl (C=O) groups excluding carboxylic acids is 2. The molecule has 4 bridgehead atoms. The van der Waals surface area contributed by atoms with Gasteiger partial charge in [-0.2, -0.15) is 0 Å². The Morgan fingerprint density at radius 1 is 0.615 bits per heavy atom. The number of fused-ring (bicyclic) bond motifs is 4. The Hall–Kier alpha value is -0.970. The third-order valence-electron chi connectivity index (χ3n) is 9.10. The second-order valence-corrected chi connectivity index (χ2v) is 12.1. The average molecular weight is 575 g/mol. The predicted molar refractivity (Wildman–Crippen MR) is 156 cm³/mol. The number of hydrogen-bond acceptors (Lipinski definition) is 8. The SMILES string of the molecule is CN1CC2CCCC(C1)N2CCOC(=O)CCCCCCCC(=O)OCCN1C2CCCC1CN(C)C2.Cl.O. The van der Waals surface area contributed by atoms with Crippen LogP contribution < -0.4 is 0 Å². The average Bonchev–Trinajstić information content (AvgIpc) is 2.84. The lowest BCUT2D eigenvalue weighted by atomic mass is 9.91. The summed E-state index contributed by atoms with van der Waals surface area (Å²) in [5.74, 6) is -0.125. The van der Waals surface area contributed by atoms with Crippen LogP contribution in [-0.2, 0) is 19.1 Å². The van der Waals surface area contributed by atoms with Crippen molar-refractivity contribution in [3.8, 4) is 0 Å². The molecule has 4 aliphatic heterocycles. The minimum atomic E-state index is -0.0626. The molecule has 0 aliphatic carbocycles. The number of esters is 2. The van der Waals surface area contributed by atoms with E-state index in [1.165, 1.54) is 38.5 Å². The Balaban J connectivity index is 0.00000267. The zero-order chi connectivity index (χ0) is 26.0. The second kappa shape index (κ2) is 17.8. The zero-order valence-corrected chi connectivity index (χ0v) is 25.3. The van der Waals surface area contributed by atoms with Crippen LogP contribution in [0.15, 0.2) is 0 Å². The molecule has 0 saturated carbocycles. The van der Waals surface area contributed by atoms with Crippen molar-refractivity contribution in [1.29, 1.82) is 0 Å². The van der Waals surface area contributed by atoms with Crippen molar-refractivity contribution in [3.63, 3.8) is 0 Å². The maximum absolute atomic E-state index is 12.1. The number of piperidine rings is 2. The number of hydrogen-bond donors (Lipinski definition) is 0. The van der Waals surface area contributed by atoms with Crippen molar-refractivity contribution in [2.45, 2.75) is 108 Å². The highest BCUT2D eigenvalue weighted by atomic mass is 35.5. The van der Waals surface area contributed by atoms with Gasteiger partial charge in [-0.25, -0.2) is 0 Å². The molecule has 4 saturated heterocycles. The van der Waals surface area contributed by atoms with E-state index in [0.29, 0.717) is 50.2 Å². The summed E-state index contributed by atoms with van der Waals surface area (Å²) < 4.78 is 11.1. The van der Waals surface area contributed by atoms with Crippen LogP contribution in [0.2, 0.25) is 0 Å². The van der Waals surface area contributed by atoms with Crippen LogP contribution in [0.1, 0.15) is 83.5 Å². The van der Waals surface area contributed by atoms with Crippen LogP contribution in [0, 0.1) is 0 Å². The molecule has 2 N–H and O–H groups in total. The molecule has 4 aliphatic rings. The van der Waals surface area contributed by atoms with Crippen LogP contribution in [0.4, 0.5) is 0 Å². The molecule has 0 radical (unpaired) electrons. The molecule has 0 amide bonds. The van der Waals surface area contributed by atoms with Gasteiger partial charge in [0.1, 0.15) is 13.2 Å². The quantitative estimate of drug-likeness (QED) is 0.231. The summed E-state index contributed by atoms with van der Waals surface area (Å²) in [7, 11) is 4.43. The zero-order valence-electron chi connectivity index (χ0n) is 24.5. The molecule has 9 nitrogen and oxygen atoms in total. The third kappa shape index (κ3) is 10.7. The number of rotatable bonds is 14. The fourth-order valence-electron chi connectivity index (χ4n) is 7.28. The molecule has 39 heavy (non-hydrogen) atoms. The van der Waals surface area contributed by atoms with Gasteiger partial charge >= 0.3 is 11.9 Å². The highest BCUT2D eigenvalue weighted by Gasteiger charge is 2.36. The number of piperazine rings is 2. The molecule has 4 unspecified atom stereocenters. The Labute approximate surface area is 242 Å². The van der Waals surface area contributed by atoms with E-state index in [0.717, 1.165) is 71.4 Å². The van der Waals surface area contributed by atoms with E-state index < -0.39 is 0 Å². The fraction of sp³-hybridized carbons (Fsp3) is 0.931. The molecule has 10 heteroatoms. The normalized spacial score (nSPS) is 27.7. The van der Waals surface area contributed by atoms with Crippen molar-refractivity contribution in [1.82, 2.24) is 19.6 Å². The van der Waals surface area contributed by atoms with Gasteiger partial charge in [0, 0.05) is 76.3 Å².